The molecule has 1 heterocycles. The van der Waals surface area contributed by atoms with E-state index in [2.05, 4.69) is 5.32 Å². The Morgan fingerprint density at radius 1 is 1.28 bits per heavy atom. The largest absolute Gasteiger partial charge is 0.494 e. The maximum absolute atomic E-state index is 12.0. The zero-order chi connectivity index (χ0) is 18.4. The molecule has 0 saturated carbocycles. The highest BCUT2D eigenvalue weighted by Gasteiger charge is 2.29. The third kappa shape index (κ3) is 4.85. The van der Waals surface area contributed by atoms with E-state index in [1.807, 2.05) is 0 Å². The first-order chi connectivity index (χ1) is 11.9. The maximum Gasteiger partial charge on any atom is 0.306 e. The van der Waals surface area contributed by atoms with Gasteiger partial charge in [-0.3, -0.25) is 13.9 Å². The molecule has 138 valence electrons. The molecule has 0 aromatic heterocycles. The third-order valence-electron chi connectivity index (χ3n) is 3.71. The van der Waals surface area contributed by atoms with Gasteiger partial charge in [-0.05, 0) is 25.5 Å². The Hall–Kier alpha value is -2.29. The fraction of sp³-hybridized carbons (Fsp3) is 0.500. The highest BCUT2D eigenvalue weighted by Crippen LogP contribution is 2.32. The van der Waals surface area contributed by atoms with E-state index in [0.717, 1.165) is 0 Å². The summed E-state index contributed by atoms with van der Waals surface area (Å²) in [6.45, 7) is 2.40. The molecule has 25 heavy (non-hydrogen) atoms. The van der Waals surface area contributed by atoms with Gasteiger partial charge in [0.05, 0.1) is 37.3 Å². The topological polar surface area (TPSA) is 102 Å². The first-order valence-electron chi connectivity index (χ1n) is 8.01. The molecule has 0 unspecified atom stereocenters. The Morgan fingerprint density at radius 2 is 2.04 bits per heavy atom. The summed E-state index contributed by atoms with van der Waals surface area (Å²) in [4.78, 5) is 23.2. The molecule has 1 amide bonds. The van der Waals surface area contributed by atoms with Crippen LogP contribution >= 0.6 is 0 Å². The van der Waals surface area contributed by atoms with Crippen molar-refractivity contribution in [1.29, 1.82) is 0 Å². The second-order valence-corrected chi connectivity index (χ2v) is 7.49. The minimum Gasteiger partial charge on any atom is -0.494 e. The molecular weight excluding hydrogens is 348 g/mol. The summed E-state index contributed by atoms with van der Waals surface area (Å²) in [6.07, 6.45) is 0.563. The van der Waals surface area contributed by atoms with Crippen molar-refractivity contribution >= 4 is 33.3 Å². The number of methoxy groups -OCH3 is 1. The molecule has 0 aliphatic carbocycles. The smallest absolute Gasteiger partial charge is 0.306 e. The highest BCUT2D eigenvalue weighted by molar-refractivity contribution is 7.93. The van der Waals surface area contributed by atoms with Crippen molar-refractivity contribution in [2.45, 2.75) is 26.2 Å². The predicted octanol–water partition coefficient (Wildman–Crippen LogP) is 1.52. The predicted molar refractivity (Wildman–Crippen MR) is 93.2 cm³/mol. The first kappa shape index (κ1) is 19.0. The molecule has 8 nitrogen and oxygen atoms in total. The van der Waals surface area contributed by atoms with E-state index in [1.54, 1.807) is 25.1 Å². The van der Waals surface area contributed by atoms with Gasteiger partial charge in [0.25, 0.3) is 0 Å². The minimum absolute atomic E-state index is 0.00784. The van der Waals surface area contributed by atoms with Gasteiger partial charge >= 0.3 is 5.97 Å². The van der Waals surface area contributed by atoms with Crippen LogP contribution in [0.3, 0.4) is 0 Å². The van der Waals surface area contributed by atoms with E-state index < -0.39 is 16.0 Å². The zero-order valence-corrected chi connectivity index (χ0v) is 15.1. The molecule has 9 heteroatoms. The van der Waals surface area contributed by atoms with E-state index in [9.17, 15) is 18.0 Å². The summed E-state index contributed by atoms with van der Waals surface area (Å²) < 4.78 is 35.4. The molecule has 0 atom stereocenters. The van der Waals surface area contributed by atoms with Gasteiger partial charge in [-0.2, -0.15) is 0 Å². The number of esters is 1. The zero-order valence-electron chi connectivity index (χ0n) is 14.3. The molecule has 1 N–H and O–H groups in total. The summed E-state index contributed by atoms with van der Waals surface area (Å²) in [5.74, 6) is -0.307. The van der Waals surface area contributed by atoms with Crippen molar-refractivity contribution in [3.8, 4) is 5.75 Å². The van der Waals surface area contributed by atoms with Crippen LogP contribution in [0.1, 0.15) is 26.2 Å². The van der Waals surface area contributed by atoms with Gasteiger partial charge in [-0.25, -0.2) is 8.42 Å². The number of sulfonamides is 1. The number of anilines is 2. The van der Waals surface area contributed by atoms with Crippen LogP contribution in [-0.2, 0) is 24.3 Å². The van der Waals surface area contributed by atoms with Crippen LogP contribution in [0.25, 0.3) is 0 Å². The lowest BCUT2D eigenvalue weighted by Gasteiger charge is -2.19. The maximum atomic E-state index is 12.0. The normalized spacial score (nSPS) is 15.7. The lowest BCUT2D eigenvalue weighted by molar-refractivity contribution is -0.144. The number of rotatable bonds is 7. The molecule has 1 saturated heterocycles. The van der Waals surface area contributed by atoms with Gasteiger partial charge in [0.2, 0.25) is 15.9 Å². The minimum atomic E-state index is -3.29. The number of ether oxygens (including phenoxy) is 2. The number of hydrogen-bond donors (Lipinski definition) is 1. The van der Waals surface area contributed by atoms with Crippen molar-refractivity contribution < 1.29 is 27.5 Å². The summed E-state index contributed by atoms with van der Waals surface area (Å²) in [7, 11) is -1.85. The van der Waals surface area contributed by atoms with Crippen molar-refractivity contribution in [3.63, 3.8) is 0 Å². The van der Waals surface area contributed by atoms with Crippen molar-refractivity contribution in [3.05, 3.63) is 18.2 Å². The second-order valence-electron chi connectivity index (χ2n) is 5.48. The van der Waals surface area contributed by atoms with Crippen LogP contribution in [0.2, 0.25) is 0 Å². The molecular formula is C16H22N2O6S. The van der Waals surface area contributed by atoms with Crippen LogP contribution < -0.4 is 14.4 Å². The monoisotopic (exact) mass is 370 g/mol. The Bertz CT molecular complexity index is 747. The number of benzene rings is 1. The summed E-state index contributed by atoms with van der Waals surface area (Å²) >= 11 is 0. The molecule has 0 bridgehead atoms. The molecule has 0 radical (unpaired) electrons. The Kier molecular flexibility index (Phi) is 6.24. The lowest BCUT2D eigenvalue weighted by atomic mass is 10.2. The molecule has 1 aliphatic rings. The number of carbonyl (C=O) groups is 2. The van der Waals surface area contributed by atoms with Crippen molar-refractivity contribution in [2.24, 2.45) is 0 Å². The van der Waals surface area contributed by atoms with Gasteiger partial charge in [-0.15, -0.1) is 0 Å². The van der Waals surface area contributed by atoms with Crippen LogP contribution in [0, 0.1) is 0 Å². The van der Waals surface area contributed by atoms with Crippen molar-refractivity contribution in [2.75, 3.05) is 35.6 Å². The molecule has 1 aromatic carbocycles. The standard InChI is InChI=1S/C16H22N2O6S/c1-3-24-16(20)8-7-15(19)17-13-6-5-12(11-14(13)23-2)18-9-4-10-25(18,21)22/h5-6,11H,3-4,7-10H2,1-2H3,(H,17,19). The molecule has 1 aliphatic heterocycles. The van der Waals surface area contributed by atoms with Gasteiger partial charge in [0.1, 0.15) is 5.75 Å². The lowest BCUT2D eigenvalue weighted by Crippen LogP contribution is -2.25. The number of carbonyl (C=O) groups excluding carboxylic acids is 2. The van der Waals surface area contributed by atoms with Gasteiger partial charge in [-0.1, -0.05) is 0 Å². The van der Waals surface area contributed by atoms with E-state index in [0.29, 0.717) is 30.1 Å². The van der Waals surface area contributed by atoms with Crippen LogP contribution in [-0.4, -0.2) is 46.3 Å². The Morgan fingerprint density at radius 3 is 2.64 bits per heavy atom. The van der Waals surface area contributed by atoms with Gasteiger partial charge in [0.15, 0.2) is 0 Å². The van der Waals surface area contributed by atoms with Gasteiger partial charge < -0.3 is 14.8 Å². The number of hydrogen-bond acceptors (Lipinski definition) is 6. The van der Waals surface area contributed by atoms with Crippen LogP contribution in [0.15, 0.2) is 18.2 Å². The molecule has 1 aromatic rings. The summed E-state index contributed by atoms with van der Waals surface area (Å²) in [5, 5.41) is 2.66. The average Bonchev–Trinajstić information content (AvgIpc) is 2.93. The second kappa shape index (κ2) is 8.19. The number of nitrogens with one attached hydrogen (secondary N) is 1. The fourth-order valence-electron chi connectivity index (χ4n) is 2.53. The summed E-state index contributed by atoms with van der Waals surface area (Å²) in [6, 6.07) is 4.78. The number of amides is 1. The molecule has 2 rings (SSSR count). The quantitative estimate of drug-likeness (QED) is 0.730. The average molecular weight is 370 g/mol. The van der Waals surface area contributed by atoms with E-state index in [1.165, 1.54) is 11.4 Å². The SMILES string of the molecule is CCOC(=O)CCC(=O)Nc1ccc(N2CCCS2(=O)=O)cc1OC. The van der Waals surface area contributed by atoms with E-state index in [4.69, 9.17) is 9.47 Å². The van der Waals surface area contributed by atoms with E-state index >= 15 is 0 Å². The first-order valence-corrected chi connectivity index (χ1v) is 9.62. The summed E-state index contributed by atoms with van der Waals surface area (Å²) in [5.41, 5.74) is 0.913. The number of nitrogens with zero attached hydrogens (tertiary/aromatic N) is 1. The van der Waals surface area contributed by atoms with Gasteiger partial charge in [0, 0.05) is 19.0 Å². The molecule has 1 fully saturated rings. The highest BCUT2D eigenvalue weighted by atomic mass is 32.2. The fourth-order valence-corrected chi connectivity index (χ4v) is 4.09. The van der Waals surface area contributed by atoms with Crippen LogP contribution in [0.5, 0.6) is 5.75 Å². The third-order valence-corrected chi connectivity index (χ3v) is 5.58. The van der Waals surface area contributed by atoms with Crippen molar-refractivity contribution in [1.82, 2.24) is 0 Å². The van der Waals surface area contributed by atoms with Crippen LogP contribution in [0.4, 0.5) is 11.4 Å². The Balaban J connectivity index is 2.07. The molecule has 0 spiro atoms. The Labute approximate surface area is 147 Å². The van der Waals surface area contributed by atoms with E-state index in [-0.39, 0.29) is 31.1 Å².